The second kappa shape index (κ2) is 9.02. The van der Waals surface area contributed by atoms with Gasteiger partial charge < -0.3 is 14.2 Å². The molecule has 28 heavy (non-hydrogen) atoms. The van der Waals surface area contributed by atoms with Crippen LogP contribution in [-0.2, 0) is 38.1 Å². The number of esters is 2. The van der Waals surface area contributed by atoms with E-state index >= 15 is 0 Å². The predicted molar refractivity (Wildman–Crippen MR) is 98.6 cm³/mol. The summed E-state index contributed by atoms with van der Waals surface area (Å²) in [4.78, 5) is 22.8. The van der Waals surface area contributed by atoms with E-state index in [0.29, 0.717) is 0 Å². The van der Waals surface area contributed by atoms with Crippen molar-refractivity contribution < 1.29 is 36.4 Å². The lowest BCUT2D eigenvalue weighted by Crippen LogP contribution is -2.53. The first-order valence-corrected chi connectivity index (χ1v) is 10.4. The van der Waals surface area contributed by atoms with E-state index in [1.807, 2.05) is 20.8 Å². The average Bonchev–Trinajstić information content (AvgIpc) is 2.60. The molecule has 0 saturated carbocycles. The highest BCUT2D eigenvalue weighted by Gasteiger charge is 2.45. The standard InChI is InChI=1S/C19H26O8S/c1-11-6-8-16(9-7-11)28(22,23)24-10-17-12(2)13(3)18(25-14(4)20)19(27-17)26-15(5)21/h6-9,12-13,17-19H,10H2,1-5H3/t12-,13-,17?,18?,19?/m0/s1. The van der Waals surface area contributed by atoms with E-state index in [1.54, 1.807) is 12.1 Å². The van der Waals surface area contributed by atoms with Crippen molar-refractivity contribution in [2.75, 3.05) is 6.61 Å². The largest absolute Gasteiger partial charge is 0.456 e. The first kappa shape index (κ1) is 22.3. The van der Waals surface area contributed by atoms with E-state index in [0.717, 1.165) is 5.56 Å². The van der Waals surface area contributed by atoms with E-state index in [4.69, 9.17) is 18.4 Å². The molecular weight excluding hydrogens is 388 g/mol. The molecule has 0 aromatic heterocycles. The molecule has 0 spiro atoms. The van der Waals surface area contributed by atoms with Gasteiger partial charge in [-0.05, 0) is 25.0 Å². The summed E-state index contributed by atoms with van der Waals surface area (Å²) in [6.07, 6.45) is -2.60. The van der Waals surface area contributed by atoms with Crippen molar-refractivity contribution >= 4 is 22.1 Å². The Morgan fingerprint density at radius 1 is 1.00 bits per heavy atom. The normalized spacial score (nSPS) is 27.8. The Labute approximate surface area is 165 Å². The number of benzene rings is 1. The second-order valence-electron chi connectivity index (χ2n) is 7.00. The Hall–Kier alpha value is -1.97. The fourth-order valence-electron chi connectivity index (χ4n) is 2.99. The molecule has 0 bridgehead atoms. The van der Waals surface area contributed by atoms with Gasteiger partial charge in [0.2, 0.25) is 6.29 Å². The maximum atomic E-state index is 12.4. The Morgan fingerprint density at radius 2 is 1.57 bits per heavy atom. The maximum Gasteiger partial charge on any atom is 0.305 e. The molecule has 9 heteroatoms. The SMILES string of the molecule is CC(=O)OC1OC(COS(=O)(=O)c2ccc(C)cc2)[C@@H](C)[C@H](C)C1OC(C)=O. The highest BCUT2D eigenvalue weighted by atomic mass is 32.2. The van der Waals surface area contributed by atoms with Gasteiger partial charge >= 0.3 is 11.9 Å². The molecule has 0 amide bonds. The number of carbonyl (C=O) groups is 2. The third kappa shape index (κ3) is 5.52. The van der Waals surface area contributed by atoms with Crippen LogP contribution in [0.4, 0.5) is 0 Å². The number of carbonyl (C=O) groups excluding carboxylic acids is 2. The zero-order valence-electron chi connectivity index (χ0n) is 16.6. The number of hydrogen-bond acceptors (Lipinski definition) is 8. The van der Waals surface area contributed by atoms with Crippen molar-refractivity contribution in [2.24, 2.45) is 11.8 Å². The van der Waals surface area contributed by atoms with Crippen LogP contribution in [0.3, 0.4) is 0 Å². The third-order valence-corrected chi connectivity index (χ3v) is 6.09. The van der Waals surface area contributed by atoms with Crippen LogP contribution in [-0.4, -0.2) is 45.5 Å². The molecule has 156 valence electrons. The molecule has 8 nitrogen and oxygen atoms in total. The van der Waals surface area contributed by atoms with Gasteiger partial charge in [-0.2, -0.15) is 8.42 Å². The van der Waals surface area contributed by atoms with Crippen molar-refractivity contribution in [3.63, 3.8) is 0 Å². The van der Waals surface area contributed by atoms with Crippen LogP contribution in [0, 0.1) is 18.8 Å². The molecule has 1 heterocycles. The van der Waals surface area contributed by atoms with Crippen molar-refractivity contribution in [1.29, 1.82) is 0 Å². The maximum absolute atomic E-state index is 12.4. The highest BCUT2D eigenvalue weighted by molar-refractivity contribution is 7.86. The van der Waals surface area contributed by atoms with Crippen LogP contribution in [0.25, 0.3) is 0 Å². The molecule has 0 N–H and O–H groups in total. The van der Waals surface area contributed by atoms with Gasteiger partial charge in [0.05, 0.1) is 17.6 Å². The topological polar surface area (TPSA) is 105 Å². The summed E-state index contributed by atoms with van der Waals surface area (Å²) in [6.45, 7) is 7.71. The molecular formula is C19H26O8S. The monoisotopic (exact) mass is 414 g/mol. The fourth-order valence-corrected chi connectivity index (χ4v) is 3.91. The second-order valence-corrected chi connectivity index (χ2v) is 8.61. The fraction of sp³-hybridized carbons (Fsp3) is 0.579. The molecule has 0 aliphatic carbocycles. The highest BCUT2D eigenvalue weighted by Crippen LogP contribution is 2.34. The van der Waals surface area contributed by atoms with E-state index in [2.05, 4.69) is 0 Å². The minimum absolute atomic E-state index is 0.0453. The summed E-state index contributed by atoms with van der Waals surface area (Å²) in [6, 6.07) is 6.30. The van der Waals surface area contributed by atoms with E-state index < -0.39 is 40.6 Å². The summed E-state index contributed by atoms with van der Waals surface area (Å²) in [5, 5.41) is 0. The average molecular weight is 414 g/mol. The van der Waals surface area contributed by atoms with Gasteiger partial charge in [-0.25, -0.2) is 0 Å². The number of hydrogen-bond donors (Lipinski definition) is 0. The molecule has 2 rings (SSSR count). The Bertz CT molecular complexity index is 802. The molecule has 0 radical (unpaired) electrons. The molecule has 5 atom stereocenters. The van der Waals surface area contributed by atoms with Crippen LogP contribution < -0.4 is 0 Å². The molecule has 1 fully saturated rings. The van der Waals surface area contributed by atoms with Crippen LogP contribution >= 0.6 is 0 Å². The molecule has 3 unspecified atom stereocenters. The van der Waals surface area contributed by atoms with Gasteiger partial charge in [0.15, 0.2) is 6.10 Å². The first-order valence-electron chi connectivity index (χ1n) is 8.97. The van der Waals surface area contributed by atoms with Gasteiger partial charge in [0.1, 0.15) is 0 Å². The quantitative estimate of drug-likeness (QED) is 0.515. The Morgan fingerprint density at radius 3 is 2.11 bits per heavy atom. The number of aryl methyl sites for hydroxylation is 1. The Kier molecular flexibility index (Phi) is 7.19. The van der Waals surface area contributed by atoms with E-state index in [-0.39, 0.29) is 23.3 Å². The smallest absolute Gasteiger partial charge is 0.305 e. The van der Waals surface area contributed by atoms with Gasteiger partial charge in [-0.15, -0.1) is 0 Å². The lowest BCUT2D eigenvalue weighted by Gasteiger charge is -2.42. The van der Waals surface area contributed by atoms with Gasteiger partial charge in [-0.1, -0.05) is 31.5 Å². The minimum atomic E-state index is -3.96. The van der Waals surface area contributed by atoms with Crippen molar-refractivity contribution in [3.8, 4) is 0 Å². The van der Waals surface area contributed by atoms with Gasteiger partial charge in [0, 0.05) is 19.8 Å². The zero-order valence-corrected chi connectivity index (χ0v) is 17.4. The lowest BCUT2D eigenvalue weighted by molar-refractivity contribution is -0.269. The van der Waals surface area contributed by atoms with E-state index in [9.17, 15) is 18.0 Å². The van der Waals surface area contributed by atoms with Crippen LogP contribution in [0.5, 0.6) is 0 Å². The summed E-state index contributed by atoms with van der Waals surface area (Å²) in [7, 11) is -3.96. The van der Waals surface area contributed by atoms with Gasteiger partial charge in [0.25, 0.3) is 10.1 Å². The van der Waals surface area contributed by atoms with Gasteiger partial charge in [-0.3, -0.25) is 13.8 Å². The zero-order chi connectivity index (χ0) is 21.1. The lowest BCUT2D eigenvalue weighted by atomic mass is 9.83. The third-order valence-electron chi connectivity index (χ3n) is 4.79. The van der Waals surface area contributed by atoms with Crippen LogP contribution in [0.1, 0.15) is 33.3 Å². The van der Waals surface area contributed by atoms with Crippen molar-refractivity contribution in [3.05, 3.63) is 29.8 Å². The number of rotatable bonds is 6. The summed E-state index contributed by atoms with van der Waals surface area (Å²) >= 11 is 0. The molecule has 1 aliphatic heterocycles. The minimum Gasteiger partial charge on any atom is -0.456 e. The molecule has 1 saturated heterocycles. The Balaban J connectivity index is 2.13. The molecule has 1 aromatic carbocycles. The predicted octanol–water partition coefficient (Wildman–Crippen LogP) is 2.19. The summed E-state index contributed by atoms with van der Waals surface area (Å²) < 4.78 is 46.1. The molecule has 1 aromatic rings. The van der Waals surface area contributed by atoms with Crippen LogP contribution in [0.2, 0.25) is 0 Å². The van der Waals surface area contributed by atoms with Crippen molar-refractivity contribution in [1.82, 2.24) is 0 Å². The number of ether oxygens (including phenoxy) is 3. The molecule has 1 aliphatic rings. The summed E-state index contributed by atoms with van der Waals surface area (Å²) in [5.74, 6) is -1.60. The van der Waals surface area contributed by atoms with Crippen molar-refractivity contribution in [2.45, 2.75) is 58.0 Å². The van der Waals surface area contributed by atoms with E-state index in [1.165, 1.54) is 26.0 Å². The summed E-state index contributed by atoms with van der Waals surface area (Å²) in [5.41, 5.74) is 0.928. The van der Waals surface area contributed by atoms with Crippen LogP contribution in [0.15, 0.2) is 29.2 Å². The first-order chi connectivity index (χ1) is 13.0.